The fraction of sp³-hybridized carbons (Fsp3) is 0.571. The van der Waals surface area contributed by atoms with Gasteiger partial charge in [-0.05, 0) is 30.9 Å². The summed E-state index contributed by atoms with van der Waals surface area (Å²) in [5.41, 5.74) is -1.33. The Morgan fingerprint density at radius 1 is 1.60 bits per heavy atom. The molecule has 1 aromatic carbocycles. The van der Waals surface area contributed by atoms with Crippen LogP contribution in [0.4, 0.5) is 15.8 Å². The number of hydrogen-bond acceptors (Lipinski definition) is 4. The summed E-state index contributed by atoms with van der Waals surface area (Å²) >= 11 is 0. The highest BCUT2D eigenvalue weighted by Gasteiger charge is 2.33. The third-order valence-electron chi connectivity index (χ3n) is 3.84. The van der Waals surface area contributed by atoms with Crippen LogP contribution in [0.2, 0.25) is 0 Å². The van der Waals surface area contributed by atoms with Crippen molar-refractivity contribution < 1.29 is 14.4 Å². The van der Waals surface area contributed by atoms with E-state index in [0.29, 0.717) is 18.8 Å². The van der Waals surface area contributed by atoms with Gasteiger partial charge in [-0.3, -0.25) is 10.1 Å². The number of nitro benzene ring substituents is 1. The van der Waals surface area contributed by atoms with Gasteiger partial charge in [0.1, 0.15) is 5.69 Å². The highest BCUT2D eigenvalue weighted by molar-refractivity contribution is 5.62. The van der Waals surface area contributed by atoms with Gasteiger partial charge < -0.3 is 10.4 Å². The van der Waals surface area contributed by atoms with E-state index >= 15 is 0 Å². The second-order valence-corrected chi connectivity index (χ2v) is 5.67. The van der Waals surface area contributed by atoms with Gasteiger partial charge in [0.2, 0.25) is 5.82 Å². The normalized spacial score (nSPS) is 26.2. The average Bonchev–Trinajstić information content (AvgIpc) is 2.35. The fourth-order valence-corrected chi connectivity index (χ4v) is 2.90. The molecule has 0 aromatic heterocycles. The smallest absolute Gasteiger partial charge is 0.327 e. The van der Waals surface area contributed by atoms with Crippen molar-refractivity contribution in [1.29, 1.82) is 0 Å². The Kier molecular flexibility index (Phi) is 4.23. The summed E-state index contributed by atoms with van der Waals surface area (Å²) in [7, 11) is 0. The third kappa shape index (κ3) is 3.25. The second kappa shape index (κ2) is 5.75. The van der Waals surface area contributed by atoms with E-state index in [-0.39, 0.29) is 12.2 Å². The van der Waals surface area contributed by atoms with Crippen molar-refractivity contribution >= 4 is 11.4 Å². The van der Waals surface area contributed by atoms with Crippen molar-refractivity contribution in [2.45, 2.75) is 38.2 Å². The van der Waals surface area contributed by atoms with E-state index in [1.165, 1.54) is 12.1 Å². The molecule has 110 valence electrons. The van der Waals surface area contributed by atoms with E-state index in [2.05, 4.69) is 12.2 Å². The molecule has 2 unspecified atom stereocenters. The molecule has 1 fully saturated rings. The molecule has 0 heterocycles. The number of anilines is 1. The molecule has 2 N–H and O–H groups in total. The summed E-state index contributed by atoms with van der Waals surface area (Å²) in [6.45, 7) is 2.27. The van der Waals surface area contributed by atoms with Gasteiger partial charge in [0.05, 0.1) is 10.5 Å². The minimum Gasteiger partial charge on any atom is -0.388 e. The number of rotatable bonds is 4. The monoisotopic (exact) mass is 282 g/mol. The Morgan fingerprint density at radius 3 is 3.00 bits per heavy atom. The van der Waals surface area contributed by atoms with Crippen LogP contribution in [0.3, 0.4) is 0 Å². The maximum atomic E-state index is 13.5. The van der Waals surface area contributed by atoms with Gasteiger partial charge in [-0.15, -0.1) is 0 Å². The number of para-hydroxylation sites is 1. The minimum absolute atomic E-state index is 0.113. The number of nitrogens with one attached hydrogen (secondary N) is 1. The molecular formula is C14H19FN2O3. The first kappa shape index (κ1) is 14.7. The second-order valence-electron chi connectivity index (χ2n) is 5.67. The van der Waals surface area contributed by atoms with E-state index in [1.54, 1.807) is 0 Å². The van der Waals surface area contributed by atoms with Crippen molar-refractivity contribution in [3.05, 3.63) is 34.1 Å². The average molecular weight is 282 g/mol. The Balaban J connectivity index is 2.11. The number of nitrogens with zero attached hydrogens (tertiary/aromatic N) is 1. The molecule has 0 saturated heterocycles. The number of nitro groups is 1. The molecule has 0 bridgehead atoms. The lowest BCUT2D eigenvalue weighted by molar-refractivity contribution is -0.386. The number of hydrogen-bond donors (Lipinski definition) is 2. The van der Waals surface area contributed by atoms with E-state index in [4.69, 9.17) is 0 Å². The van der Waals surface area contributed by atoms with Crippen molar-refractivity contribution in [2.75, 3.05) is 11.9 Å². The summed E-state index contributed by atoms with van der Waals surface area (Å²) in [5, 5.41) is 24.2. The van der Waals surface area contributed by atoms with Gasteiger partial charge in [0.15, 0.2) is 0 Å². The molecule has 2 rings (SSSR count). The van der Waals surface area contributed by atoms with E-state index in [9.17, 15) is 19.6 Å². The first-order chi connectivity index (χ1) is 9.41. The maximum Gasteiger partial charge on any atom is 0.327 e. The quantitative estimate of drug-likeness (QED) is 0.657. The zero-order valence-electron chi connectivity index (χ0n) is 11.4. The van der Waals surface area contributed by atoms with E-state index < -0.39 is 22.0 Å². The molecule has 0 aliphatic heterocycles. The largest absolute Gasteiger partial charge is 0.388 e. The molecule has 0 spiro atoms. The minimum atomic E-state index is -0.877. The number of benzene rings is 1. The van der Waals surface area contributed by atoms with Crippen LogP contribution in [-0.2, 0) is 0 Å². The summed E-state index contributed by atoms with van der Waals surface area (Å²) in [6.07, 6.45) is 3.34. The predicted octanol–water partition coefficient (Wildman–Crippen LogP) is 3.09. The molecule has 5 nitrogen and oxygen atoms in total. The van der Waals surface area contributed by atoms with Gasteiger partial charge in [-0.1, -0.05) is 25.8 Å². The molecule has 0 radical (unpaired) electrons. The summed E-state index contributed by atoms with van der Waals surface area (Å²) in [5.74, 6) is -0.443. The van der Waals surface area contributed by atoms with Gasteiger partial charge in [0, 0.05) is 6.54 Å². The molecule has 0 amide bonds. The van der Waals surface area contributed by atoms with Gasteiger partial charge in [-0.25, -0.2) is 0 Å². The van der Waals surface area contributed by atoms with Gasteiger partial charge in [0.25, 0.3) is 0 Å². The fourth-order valence-electron chi connectivity index (χ4n) is 2.90. The van der Waals surface area contributed by atoms with Crippen LogP contribution in [0.25, 0.3) is 0 Å². The zero-order valence-corrected chi connectivity index (χ0v) is 11.4. The zero-order chi connectivity index (χ0) is 14.8. The van der Waals surface area contributed by atoms with Gasteiger partial charge in [-0.2, -0.15) is 4.39 Å². The lowest BCUT2D eigenvalue weighted by atomic mass is 9.79. The molecule has 20 heavy (non-hydrogen) atoms. The van der Waals surface area contributed by atoms with Crippen molar-refractivity contribution in [3.8, 4) is 0 Å². The lowest BCUT2D eigenvalue weighted by Crippen LogP contribution is -2.41. The first-order valence-electron chi connectivity index (χ1n) is 6.80. The highest BCUT2D eigenvalue weighted by Crippen LogP contribution is 2.34. The summed E-state index contributed by atoms with van der Waals surface area (Å²) < 4.78 is 13.5. The number of halogens is 1. The van der Waals surface area contributed by atoms with Crippen LogP contribution >= 0.6 is 0 Å². The van der Waals surface area contributed by atoms with E-state index in [1.807, 2.05) is 0 Å². The molecule has 1 saturated carbocycles. The standard InChI is InChI=1S/C14H19FN2O3/c1-10-4-3-7-14(18,8-10)9-16-12-6-2-5-11(15)13(12)17(19)20/h2,5-6,10,16,18H,3-4,7-9H2,1H3. The van der Waals surface area contributed by atoms with Crippen molar-refractivity contribution in [3.63, 3.8) is 0 Å². The van der Waals surface area contributed by atoms with Crippen molar-refractivity contribution in [1.82, 2.24) is 0 Å². The van der Waals surface area contributed by atoms with Gasteiger partial charge >= 0.3 is 5.69 Å². The van der Waals surface area contributed by atoms with Crippen molar-refractivity contribution in [2.24, 2.45) is 5.92 Å². The van der Waals surface area contributed by atoms with Crippen LogP contribution in [-0.4, -0.2) is 22.2 Å². The van der Waals surface area contributed by atoms with Crippen LogP contribution in [0.15, 0.2) is 18.2 Å². The van der Waals surface area contributed by atoms with Crippen LogP contribution in [0.1, 0.15) is 32.6 Å². The summed E-state index contributed by atoms with van der Waals surface area (Å²) in [4.78, 5) is 10.1. The SMILES string of the molecule is CC1CCCC(O)(CNc2cccc(F)c2[N+](=O)[O-])C1. The Hall–Kier alpha value is -1.69. The molecule has 6 heteroatoms. The summed E-state index contributed by atoms with van der Waals surface area (Å²) in [6, 6.07) is 3.93. The highest BCUT2D eigenvalue weighted by atomic mass is 19.1. The lowest BCUT2D eigenvalue weighted by Gasteiger charge is -2.35. The van der Waals surface area contributed by atoms with Crippen LogP contribution in [0.5, 0.6) is 0 Å². The Labute approximate surface area is 117 Å². The molecule has 1 aliphatic carbocycles. The topological polar surface area (TPSA) is 75.4 Å². The molecule has 1 aliphatic rings. The number of aliphatic hydroxyl groups is 1. The molecular weight excluding hydrogens is 263 g/mol. The maximum absolute atomic E-state index is 13.5. The first-order valence-corrected chi connectivity index (χ1v) is 6.80. The van der Waals surface area contributed by atoms with Crippen LogP contribution < -0.4 is 5.32 Å². The Bertz CT molecular complexity index is 509. The van der Waals surface area contributed by atoms with Crippen LogP contribution in [0, 0.1) is 21.8 Å². The Morgan fingerprint density at radius 2 is 2.35 bits per heavy atom. The third-order valence-corrected chi connectivity index (χ3v) is 3.84. The molecule has 2 atom stereocenters. The van der Waals surface area contributed by atoms with E-state index in [0.717, 1.165) is 18.9 Å². The predicted molar refractivity (Wildman–Crippen MR) is 74.1 cm³/mol. The molecule has 1 aromatic rings.